The first-order valence-electron chi connectivity index (χ1n) is 3.56. The standard InChI is InChI=1S/C6H2Cl2N2O.BF4/c7-5-3(10-9)1-2-4(11)6(5)8;2-1(3,4)5/h1-2H;/q;-1/p+1. The Hall–Kier alpha value is -1.20. The lowest BCUT2D eigenvalue weighted by molar-refractivity contribution is 0.368. The van der Waals surface area contributed by atoms with E-state index in [1.54, 1.807) is 0 Å². The lowest BCUT2D eigenvalue weighted by atomic mass is 10.3. The summed E-state index contributed by atoms with van der Waals surface area (Å²) in [6.07, 6.45) is 0. The van der Waals surface area contributed by atoms with Crippen molar-refractivity contribution in [3.8, 4) is 5.75 Å². The molecule has 0 atom stereocenters. The van der Waals surface area contributed by atoms with Crippen molar-refractivity contribution < 1.29 is 22.4 Å². The Labute approximate surface area is 97.3 Å². The van der Waals surface area contributed by atoms with Crippen LogP contribution < -0.4 is 0 Å². The van der Waals surface area contributed by atoms with Crippen molar-refractivity contribution in [1.29, 1.82) is 5.39 Å². The van der Waals surface area contributed by atoms with Gasteiger partial charge < -0.3 is 22.4 Å². The summed E-state index contributed by atoms with van der Waals surface area (Å²) in [4.78, 5) is 2.84. The number of halogens is 6. The molecule has 0 saturated heterocycles. The molecule has 0 aliphatic carbocycles. The summed E-state index contributed by atoms with van der Waals surface area (Å²) in [5.74, 6) is -0.135. The molecular weight excluding hydrogens is 274 g/mol. The van der Waals surface area contributed by atoms with Crippen LogP contribution in [0.4, 0.5) is 23.0 Å². The average Bonchev–Trinajstić information content (AvgIpc) is 2.12. The van der Waals surface area contributed by atoms with E-state index in [1.807, 2.05) is 0 Å². The summed E-state index contributed by atoms with van der Waals surface area (Å²) >= 11 is 11.1. The highest BCUT2D eigenvalue weighted by atomic mass is 35.5. The van der Waals surface area contributed by atoms with Gasteiger partial charge >= 0.3 is 12.9 Å². The van der Waals surface area contributed by atoms with Crippen molar-refractivity contribution in [1.82, 2.24) is 0 Å². The second-order valence-corrected chi connectivity index (χ2v) is 3.08. The van der Waals surface area contributed by atoms with E-state index in [-0.39, 0.29) is 21.5 Å². The molecule has 1 rings (SSSR count). The number of phenols is 1. The first kappa shape index (κ1) is 14.8. The van der Waals surface area contributed by atoms with E-state index in [4.69, 9.17) is 33.7 Å². The Morgan fingerprint density at radius 2 is 1.56 bits per heavy atom. The van der Waals surface area contributed by atoms with E-state index in [1.165, 1.54) is 12.1 Å². The van der Waals surface area contributed by atoms with Gasteiger partial charge in [0.15, 0.2) is 10.00 Å². The molecule has 10 heteroatoms. The average molecular weight is 277 g/mol. The number of nitrogens with zero attached hydrogens (tertiary/aromatic N) is 2. The SMILES string of the molecule is F[B-](F)(F)F.N#[N+]c1ccc(O)c(Cl)c1Cl. The highest BCUT2D eigenvalue weighted by Crippen LogP contribution is 2.37. The number of diazo groups is 1. The summed E-state index contributed by atoms with van der Waals surface area (Å²) in [6.45, 7) is 0. The predicted molar refractivity (Wildman–Crippen MR) is 53.1 cm³/mol. The fourth-order valence-electron chi connectivity index (χ4n) is 0.606. The molecule has 0 bridgehead atoms. The summed E-state index contributed by atoms with van der Waals surface area (Å²) in [6, 6.07) is 2.65. The van der Waals surface area contributed by atoms with Crippen LogP contribution >= 0.6 is 23.2 Å². The van der Waals surface area contributed by atoms with E-state index < -0.39 is 7.25 Å². The maximum Gasteiger partial charge on any atom is 0.673 e. The molecule has 1 N–H and O–H groups in total. The number of hydrogen-bond donors (Lipinski definition) is 1. The van der Waals surface area contributed by atoms with Gasteiger partial charge in [0.1, 0.15) is 10.8 Å². The second kappa shape index (κ2) is 5.77. The van der Waals surface area contributed by atoms with Crippen LogP contribution in [-0.4, -0.2) is 12.4 Å². The molecule has 0 amide bonds. The monoisotopic (exact) mass is 276 g/mol. The molecule has 0 radical (unpaired) electrons. The van der Waals surface area contributed by atoms with Crippen molar-refractivity contribution in [2.24, 2.45) is 0 Å². The van der Waals surface area contributed by atoms with E-state index >= 15 is 0 Å². The molecule has 16 heavy (non-hydrogen) atoms. The molecule has 0 heterocycles. The fourth-order valence-corrected chi connectivity index (χ4v) is 0.964. The zero-order valence-corrected chi connectivity index (χ0v) is 8.85. The van der Waals surface area contributed by atoms with Gasteiger partial charge in [0, 0.05) is 6.07 Å². The molecule has 0 unspecified atom stereocenters. The van der Waals surface area contributed by atoms with Crippen LogP contribution in [0.15, 0.2) is 12.1 Å². The van der Waals surface area contributed by atoms with Crippen LogP contribution in [0.3, 0.4) is 0 Å². The van der Waals surface area contributed by atoms with Gasteiger partial charge in [-0.2, -0.15) is 0 Å². The minimum atomic E-state index is -6.00. The molecular formula is C6H3BCl2F4N2O. The Morgan fingerprint density at radius 1 is 1.12 bits per heavy atom. The number of benzene rings is 1. The maximum absolute atomic E-state index is 9.75. The van der Waals surface area contributed by atoms with Crippen molar-refractivity contribution in [2.45, 2.75) is 0 Å². The van der Waals surface area contributed by atoms with Gasteiger partial charge in [0.05, 0.1) is 0 Å². The number of rotatable bonds is 0. The van der Waals surface area contributed by atoms with Gasteiger partial charge in [-0.25, -0.2) is 0 Å². The largest absolute Gasteiger partial charge is 0.673 e. The minimum Gasteiger partial charge on any atom is -0.506 e. The lowest BCUT2D eigenvalue weighted by Crippen LogP contribution is -2.02. The molecule has 88 valence electrons. The van der Waals surface area contributed by atoms with Gasteiger partial charge in [0.2, 0.25) is 5.39 Å². The molecule has 1 aromatic carbocycles. The van der Waals surface area contributed by atoms with Crippen LogP contribution in [0, 0.1) is 5.39 Å². The normalized spacial score (nSPS) is 10.1. The van der Waals surface area contributed by atoms with Crippen LogP contribution in [0.5, 0.6) is 5.75 Å². The van der Waals surface area contributed by atoms with Crippen LogP contribution in [-0.2, 0) is 0 Å². The molecule has 0 saturated carbocycles. The summed E-state index contributed by atoms with van der Waals surface area (Å²) < 4.78 is 39.0. The summed E-state index contributed by atoms with van der Waals surface area (Å²) in [5.41, 5.74) is 0.134. The van der Waals surface area contributed by atoms with Crippen LogP contribution in [0.2, 0.25) is 10.0 Å². The highest BCUT2D eigenvalue weighted by molar-refractivity contribution is 6.50. The van der Waals surface area contributed by atoms with E-state index in [9.17, 15) is 17.3 Å². The zero-order valence-electron chi connectivity index (χ0n) is 7.34. The van der Waals surface area contributed by atoms with Crippen LogP contribution in [0.1, 0.15) is 0 Å². The van der Waals surface area contributed by atoms with E-state index in [0.29, 0.717) is 0 Å². The van der Waals surface area contributed by atoms with Gasteiger partial charge in [-0.3, -0.25) is 0 Å². The van der Waals surface area contributed by atoms with Gasteiger partial charge in [-0.1, -0.05) is 23.2 Å². The Morgan fingerprint density at radius 3 is 1.94 bits per heavy atom. The minimum absolute atomic E-state index is 0.0121. The topological polar surface area (TPSA) is 48.4 Å². The number of aromatic hydroxyl groups is 1. The predicted octanol–water partition coefficient (Wildman–Crippen LogP) is 4.48. The Kier molecular flexibility index (Phi) is 5.34. The third-order valence-corrected chi connectivity index (χ3v) is 2.01. The smallest absolute Gasteiger partial charge is 0.506 e. The maximum atomic E-state index is 9.75. The summed E-state index contributed by atoms with van der Waals surface area (Å²) in [7, 11) is -6.00. The first-order valence-corrected chi connectivity index (χ1v) is 4.31. The third-order valence-electron chi connectivity index (χ3n) is 1.15. The quantitative estimate of drug-likeness (QED) is 0.431. The molecule has 0 aliphatic heterocycles. The highest BCUT2D eigenvalue weighted by Gasteiger charge is 2.20. The molecule has 0 aliphatic rings. The molecule has 0 aromatic heterocycles. The van der Waals surface area contributed by atoms with E-state index in [0.717, 1.165) is 0 Å². The van der Waals surface area contributed by atoms with Crippen molar-refractivity contribution >= 4 is 36.1 Å². The van der Waals surface area contributed by atoms with Crippen molar-refractivity contribution in [3.05, 3.63) is 27.2 Å². The van der Waals surface area contributed by atoms with Crippen molar-refractivity contribution in [3.63, 3.8) is 0 Å². The second-order valence-electron chi connectivity index (χ2n) is 2.33. The van der Waals surface area contributed by atoms with Crippen molar-refractivity contribution in [2.75, 3.05) is 0 Å². The Balaban J connectivity index is 0.000000385. The van der Waals surface area contributed by atoms with Gasteiger partial charge in [-0.05, 0) is 6.07 Å². The molecule has 1 aromatic rings. The molecule has 0 fully saturated rings. The van der Waals surface area contributed by atoms with Crippen LogP contribution in [0.25, 0.3) is 4.98 Å². The number of hydrogen-bond acceptors (Lipinski definition) is 2. The summed E-state index contributed by atoms with van der Waals surface area (Å²) in [5, 5.41) is 17.3. The third kappa shape index (κ3) is 5.63. The molecule has 0 spiro atoms. The Bertz CT molecular complexity index is 414. The number of phenolic OH excluding ortho intramolecular Hbond substituents is 1. The lowest BCUT2D eigenvalue weighted by Gasteiger charge is -1.94. The molecule has 3 nitrogen and oxygen atoms in total. The van der Waals surface area contributed by atoms with Gasteiger partial charge in [-0.15, -0.1) is 0 Å². The van der Waals surface area contributed by atoms with E-state index in [2.05, 4.69) is 4.98 Å². The fraction of sp³-hybridized carbons (Fsp3) is 0. The van der Waals surface area contributed by atoms with Gasteiger partial charge in [0.25, 0.3) is 0 Å². The zero-order chi connectivity index (χ0) is 12.9. The first-order chi connectivity index (χ1) is 7.16.